The molecule has 3 heterocycles. The van der Waals surface area contributed by atoms with E-state index in [1.807, 2.05) is 17.2 Å². The van der Waals surface area contributed by atoms with Crippen molar-refractivity contribution in [2.75, 3.05) is 13.7 Å². The number of ether oxygens (including phenoxy) is 1. The Balaban J connectivity index is 1.76. The standard InChI is InChI=1S/C26H33N3O3S/c1-6-21-23(25(31)32-5)24(20-13-16(2)10-11-17(20)3)29-19(15-33-26(29)27-21)14-22(30)28-12-8-7-9-18(28)4/h10-11,13,15,18,24H,6-9,12,14H2,1-5H3. The molecule has 3 aliphatic heterocycles. The number of esters is 1. The minimum absolute atomic E-state index is 0.139. The number of nitrogens with zero attached hydrogens (tertiary/aromatic N) is 3. The van der Waals surface area contributed by atoms with Gasteiger partial charge in [-0.1, -0.05) is 42.4 Å². The molecule has 3 aliphatic rings. The number of methoxy groups -OCH3 is 1. The molecule has 33 heavy (non-hydrogen) atoms. The van der Waals surface area contributed by atoms with Gasteiger partial charge in [-0.05, 0) is 63.0 Å². The van der Waals surface area contributed by atoms with Crippen LogP contribution in [0.4, 0.5) is 0 Å². The molecular formula is C26H33N3O3S. The number of benzene rings is 1. The lowest BCUT2D eigenvalue weighted by molar-refractivity contribution is -0.136. The van der Waals surface area contributed by atoms with Crippen LogP contribution < -0.4 is 0 Å². The first-order valence-corrected chi connectivity index (χ1v) is 12.6. The first-order chi connectivity index (χ1) is 15.8. The lowest BCUT2D eigenvalue weighted by atomic mass is 9.89. The number of likely N-dealkylation sites (tertiary alicyclic amines) is 1. The van der Waals surface area contributed by atoms with Crippen LogP contribution in [0.15, 0.2) is 45.6 Å². The van der Waals surface area contributed by atoms with Gasteiger partial charge in [0.1, 0.15) is 0 Å². The summed E-state index contributed by atoms with van der Waals surface area (Å²) >= 11 is 1.53. The Morgan fingerprint density at radius 3 is 2.73 bits per heavy atom. The van der Waals surface area contributed by atoms with E-state index in [1.165, 1.54) is 25.3 Å². The predicted octanol–water partition coefficient (Wildman–Crippen LogP) is 5.23. The third-order valence-electron chi connectivity index (χ3n) is 6.81. The molecule has 0 saturated carbocycles. The quantitative estimate of drug-likeness (QED) is 0.555. The molecule has 1 aromatic carbocycles. The molecule has 0 N–H and O–H groups in total. The van der Waals surface area contributed by atoms with Gasteiger partial charge in [-0.25, -0.2) is 9.79 Å². The van der Waals surface area contributed by atoms with Gasteiger partial charge in [-0.3, -0.25) is 4.79 Å². The molecule has 1 aromatic rings. The summed E-state index contributed by atoms with van der Waals surface area (Å²) in [6.45, 7) is 9.07. The van der Waals surface area contributed by atoms with Gasteiger partial charge in [0.25, 0.3) is 0 Å². The minimum atomic E-state index is -0.368. The number of hydrogen-bond acceptors (Lipinski definition) is 6. The third kappa shape index (κ3) is 4.47. The van der Waals surface area contributed by atoms with Crippen LogP contribution in [0.25, 0.3) is 0 Å². The summed E-state index contributed by atoms with van der Waals surface area (Å²) in [5.74, 6) is -0.229. The molecule has 7 heteroatoms. The molecule has 0 bridgehead atoms. The predicted molar refractivity (Wildman–Crippen MR) is 133 cm³/mol. The fourth-order valence-electron chi connectivity index (χ4n) is 4.99. The lowest BCUT2D eigenvalue weighted by Gasteiger charge is -2.38. The SMILES string of the molecule is CCC1=C(C(=O)OC)C(c2cc(C)ccc2C)N2C(CC(=O)N3CCCCC3C)=CSC2=N1. The number of carbonyl (C=O) groups excluding carboxylic acids is 2. The van der Waals surface area contributed by atoms with Crippen molar-refractivity contribution in [3.8, 4) is 0 Å². The van der Waals surface area contributed by atoms with Crippen LogP contribution in [-0.4, -0.2) is 46.5 Å². The highest BCUT2D eigenvalue weighted by atomic mass is 32.2. The highest BCUT2D eigenvalue weighted by Crippen LogP contribution is 2.46. The highest BCUT2D eigenvalue weighted by Gasteiger charge is 2.42. The van der Waals surface area contributed by atoms with E-state index in [9.17, 15) is 9.59 Å². The maximum atomic E-state index is 13.3. The normalized spacial score (nSPS) is 22.7. The van der Waals surface area contributed by atoms with E-state index in [-0.39, 0.29) is 24.0 Å². The Labute approximate surface area is 200 Å². The number of rotatable bonds is 5. The smallest absolute Gasteiger partial charge is 0.338 e. The first kappa shape index (κ1) is 23.6. The fourth-order valence-corrected chi connectivity index (χ4v) is 5.92. The average molecular weight is 468 g/mol. The molecule has 1 fully saturated rings. The summed E-state index contributed by atoms with van der Waals surface area (Å²) < 4.78 is 5.22. The number of amidine groups is 1. The van der Waals surface area contributed by atoms with Crippen molar-refractivity contribution in [2.45, 2.75) is 71.9 Å². The second-order valence-corrected chi connectivity index (χ2v) is 9.90. The van der Waals surface area contributed by atoms with Crippen molar-refractivity contribution >= 4 is 28.8 Å². The molecule has 0 radical (unpaired) electrons. The molecule has 176 valence electrons. The second kappa shape index (κ2) is 9.75. The topological polar surface area (TPSA) is 62.2 Å². The summed E-state index contributed by atoms with van der Waals surface area (Å²) in [5.41, 5.74) is 5.46. The van der Waals surface area contributed by atoms with Crippen LogP contribution in [0.2, 0.25) is 0 Å². The van der Waals surface area contributed by atoms with Crippen LogP contribution in [-0.2, 0) is 14.3 Å². The fraction of sp³-hybridized carbons (Fsp3) is 0.500. The Hall–Kier alpha value is -2.54. The monoisotopic (exact) mass is 467 g/mol. The molecule has 2 unspecified atom stereocenters. The summed E-state index contributed by atoms with van der Waals surface area (Å²) in [4.78, 5) is 35.3. The summed E-state index contributed by atoms with van der Waals surface area (Å²) in [7, 11) is 1.42. The Bertz CT molecular complexity index is 1060. The number of carbonyl (C=O) groups is 2. The minimum Gasteiger partial charge on any atom is -0.466 e. The first-order valence-electron chi connectivity index (χ1n) is 11.8. The zero-order valence-electron chi connectivity index (χ0n) is 20.2. The van der Waals surface area contributed by atoms with Crippen molar-refractivity contribution in [2.24, 2.45) is 4.99 Å². The summed E-state index contributed by atoms with van der Waals surface area (Å²) in [5, 5.41) is 2.84. The second-order valence-electron chi connectivity index (χ2n) is 9.07. The summed E-state index contributed by atoms with van der Waals surface area (Å²) in [6, 6.07) is 6.20. The van der Waals surface area contributed by atoms with Crippen molar-refractivity contribution in [1.29, 1.82) is 0 Å². The number of thioether (sulfide) groups is 1. The summed E-state index contributed by atoms with van der Waals surface area (Å²) in [6.07, 6.45) is 4.21. The number of fused-ring (bicyclic) bond motifs is 1. The van der Waals surface area contributed by atoms with Crippen molar-refractivity contribution in [3.05, 3.63) is 57.3 Å². The molecule has 0 aromatic heterocycles. The number of aliphatic imine (C=N–C) groups is 1. The largest absolute Gasteiger partial charge is 0.466 e. The van der Waals surface area contributed by atoms with Crippen molar-refractivity contribution in [3.63, 3.8) is 0 Å². The van der Waals surface area contributed by atoms with Gasteiger partial charge in [0.2, 0.25) is 5.91 Å². The molecular weight excluding hydrogens is 434 g/mol. The molecule has 2 atom stereocenters. The molecule has 4 rings (SSSR count). The van der Waals surface area contributed by atoms with Gasteiger partial charge in [-0.15, -0.1) is 0 Å². The number of hydrogen-bond donors (Lipinski definition) is 0. The van der Waals surface area contributed by atoms with Gasteiger partial charge in [0.05, 0.1) is 30.8 Å². The van der Waals surface area contributed by atoms with E-state index in [2.05, 4.69) is 43.9 Å². The van der Waals surface area contributed by atoms with Crippen molar-refractivity contribution < 1.29 is 14.3 Å². The molecule has 0 aliphatic carbocycles. The van der Waals surface area contributed by atoms with E-state index in [1.54, 1.807) is 0 Å². The zero-order valence-corrected chi connectivity index (χ0v) is 21.0. The van der Waals surface area contributed by atoms with Crippen LogP contribution in [0.3, 0.4) is 0 Å². The molecule has 0 spiro atoms. The zero-order chi connectivity index (χ0) is 23.7. The van der Waals surface area contributed by atoms with Gasteiger partial charge in [-0.2, -0.15) is 0 Å². The van der Waals surface area contributed by atoms with Crippen LogP contribution in [0.5, 0.6) is 0 Å². The van der Waals surface area contributed by atoms with Gasteiger partial charge >= 0.3 is 5.97 Å². The molecule has 1 amide bonds. The van der Waals surface area contributed by atoms with Gasteiger partial charge < -0.3 is 14.5 Å². The molecule has 1 saturated heterocycles. The van der Waals surface area contributed by atoms with Crippen molar-refractivity contribution in [1.82, 2.24) is 9.80 Å². The Morgan fingerprint density at radius 2 is 2.03 bits per heavy atom. The van der Waals surface area contributed by atoms with Gasteiger partial charge in [0, 0.05) is 18.3 Å². The highest BCUT2D eigenvalue weighted by molar-refractivity contribution is 8.16. The Morgan fingerprint density at radius 1 is 1.24 bits per heavy atom. The van der Waals surface area contributed by atoms with Crippen LogP contribution in [0, 0.1) is 13.8 Å². The average Bonchev–Trinajstić information content (AvgIpc) is 3.21. The number of amides is 1. The number of piperidine rings is 1. The van der Waals surface area contributed by atoms with Crippen LogP contribution >= 0.6 is 11.8 Å². The maximum absolute atomic E-state index is 13.3. The van der Waals surface area contributed by atoms with Crippen LogP contribution in [0.1, 0.15) is 68.7 Å². The molecule has 6 nitrogen and oxygen atoms in total. The third-order valence-corrected chi connectivity index (χ3v) is 7.70. The number of allylic oxidation sites excluding steroid dienone is 1. The Kier molecular flexibility index (Phi) is 6.98. The number of aryl methyl sites for hydroxylation is 2. The van der Waals surface area contributed by atoms with Gasteiger partial charge in [0.15, 0.2) is 5.17 Å². The van der Waals surface area contributed by atoms with E-state index in [4.69, 9.17) is 9.73 Å². The maximum Gasteiger partial charge on any atom is 0.338 e. The lowest BCUT2D eigenvalue weighted by Crippen LogP contribution is -2.43. The van der Waals surface area contributed by atoms with E-state index in [0.29, 0.717) is 18.4 Å². The van der Waals surface area contributed by atoms with E-state index < -0.39 is 0 Å². The van der Waals surface area contributed by atoms with E-state index >= 15 is 0 Å². The van der Waals surface area contributed by atoms with E-state index in [0.717, 1.165) is 52.6 Å².